The van der Waals surface area contributed by atoms with Crippen LogP contribution < -0.4 is 11.1 Å². The predicted octanol–water partition coefficient (Wildman–Crippen LogP) is -0.345. The van der Waals surface area contributed by atoms with Gasteiger partial charge in [0.2, 0.25) is 0 Å². The van der Waals surface area contributed by atoms with Crippen LogP contribution in [0.25, 0.3) is 0 Å². The van der Waals surface area contributed by atoms with E-state index in [9.17, 15) is 4.79 Å². The molecule has 0 unspecified atom stereocenters. The van der Waals surface area contributed by atoms with Crippen LogP contribution in [0.15, 0.2) is 6.33 Å². The molecule has 2 aromatic rings. The fourth-order valence-corrected chi connectivity index (χ4v) is 1.86. The summed E-state index contributed by atoms with van der Waals surface area (Å²) >= 11 is 0. The average molecular weight is 263 g/mol. The van der Waals surface area contributed by atoms with Crippen molar-refractivity contribution in [2.75, 3.05) is 12.3 Å². The topological polar surface area (TPSA) is 115 Å². The molecule has 0 radical (unpaired) electrons. The van der Waals surface area contributed by atoms with E-state index in [0.717, 1.165) is 11.5 Å². The van der Waals surface area contributed by atoms with Crippen molar-refractivity contribution in [1.82, 2.24) is 30.3 Å². The van der Waals surface area contributed by atoms with E-state index >= 15 is 0 Å². The zero-order valence-electron chi connectivity index (χ0n) is 11.0. The maximum absolute atomic E-state index is 12.0. The first-order valence-corrected chi connectivity index (χ1v) is 6.07. The number of H-pyrrole nitrogens is 1. The van der Waals surface area contributed by atoms with Gasteiger partial charge in [-0.05, 0) is 6.42 Å². The first kappa shape index (κ1) is 13.1. The molecule has 8 nitrogen and oxygen atoms in total. The Balaban J connectivity index is 1.98. The smallest absolute Gasteiger partial charge is 0.271 e. The molecule has 4 N–H and O–H groups in total. The van der Waals surface area contributed by atoms with Gasteiger partial charge in [0.05, 0.1) is 11.4 Å². The minimum atomic E-state index is -0.230. The molecule has 0 saturated heterocycles. The Morgan fingerprint density at radius 1 is 1.58 bits per heavy atom. The van der Waals surface area contributed by atoms with Gasteiger partial charge in [-0.15, -0.1) is 0 Å². The van der Waals surface area contributed by atoms with Crippen molar-refractivity contribution in [1.29, 1.82) is 0 Å². The SMILES string of the molecule is CCc1nn(C)c(C(=O)NCCc2ncn[nH]2)c1N. The molecule has 102 valence electrons. The molecule has 0 fully saturated rings. The van der Waals surface area contributed by atoms with Gasteiger partial charge in [-0.2, -0.15) is 10.2 Å². The van der Waals surface area contributed by atoms with Crippen LogP contribution >= 0.6 is 0 Å². The molecule has 2 aromatic heterocycles. The summed E-state index contributed by atoms with van der Waals surface area (Å²) in [7, 11) is 1.71. The highest BCUT2D eigenvalue weighted by Crippen LogP contribution is 2.16. The fourth-order valence-electron chi connectivity index (χ4n) is 1.86. The summed E-state index contributed by atoms with van der Waals surface area (Å²) in [6, 6.07) is 0. The molecule has 1 amide bonds. The lowest BCUT2D eigenvalue weighted by atomic mass is 10.2. The van der Waals surface area contributed by atoms with Gasteiger partial charge in [-0.3, -0.25) is 14.6 Å². The van der Waals surface area contributed by atoms with Crippen LogP contribution in [0.3, 0.4) is 0 Å². The molecule has 0 saturated carbocycles. The van der Waals surface area contributed by atoms with Crippen LogP contribution in [0, 0.1) is 0 Å². The molecule has 0 spiro atoms. The fraction of sp³-hybridized carbons (Fsp3) is 0.455. The summed E-state index contributed by atoms with van der Waals surface area (Å²) in [4.78, 5) is 16.0. The third kappa shape index (κ3) is 2.72. The molecule has 2 heterocycles. The van der Waals surface area contributed by atoms with Gasteiger partial charge in [-0.1, -0.05) is 6.92 Å². The number of nitrogens with one attached hydrogen (secondary N) is 2. The monoisotopic (exact) mass is 263 g/mol. The number of nitrogens with zero attached hydrogens (tertiary/aromatic N) is 4. The van der Waals surface area contributed by atoms with Gasteiger partial charge in [0.25, 0.3) is 5.91 Å². The third-order valence-electron chi connectivity index (χ3n) is 2.82. The molecule has 0 aliphatic carbocycles. The number of carbonyl (C=O) groups excluding carboxylic acids is 1. The van der Waals surface area contributed by atoms with Crippen LogP contribution in [0.1, 0.15) is 28.9 Å². The molecule has 2 rings (SSSR count). The Labute approximate surface area is 110 Å². The summed E-state index contributed by atoms with van der Waals surface area (Å²) in [5, 5.41) is 13.5. The van der Waals surface area contributed by atoms with E-state index in [4.69, 9.17) is 5.73 Å². The van der Waals surface area contributed by atoms with Crippen LogP contribution in [-0.2, 0) is 19.9 Å². The molecule has 0 atom stereocenters. The number of aryl methyl sites for hydroxylation is 2. The highest BCUT2D eigenvalue weighted by atomic mass is 16.2. The maximum Gasteiger partial charge on any atom is 0.271 e. The van der Waals surface area contributed by atoms with Crippen molar-refractivity contribution in [2.24, 2.45) is 7.05 Å². The number of anilines is 1. The highest BCUT2D eigenvalue weighted by Gasteiger charge is 2.18. The zero-order valence-corrected chi connectivity index (χ0v) is 11.0. The molecular formula is C11H17N7O. The number of rotatable bonds is 5. The molecule has 0 aromatic carbocycles. The van der Waals surface area contributed by atoms with Crippen molar-refractivity contribution in [3.63, 3.8) is 0 Å². The second-order valence-corrected chi connectivity index (χ2v) is 4.12. The minimum Gasteiger partial charge on any atom is -0.395 e. The van der Waals surface area contributed by atoms with Crippen molar-refractivity contribution < 1.29 is 4.79 Å². The summed E-state index contributed by atoms with van der Waals surface area (Å²) in [6.45, 7) is 2.41. The van der Waals surface area contributed by atoms with E-state index in [-0.39, 0.29) is 5.91 Å². The molecule has 0 bridgehead atoms. The van der Waals surface area contributed by atoms with Gasteiger partial charge in [0.1, 0.15) is 17.8 Å². The zero-order chi connectivity index (χ0) is 13.8. The van der Waals surface area contributed by atoms with Gasteiger partial charge in [0.15, 0.2) is 0 Å². The number of hydrogen-bond donors (Lipinski definition) is 3. The minimum absolute atomic E-state index is 0.230. The van der Waals surface area contributed by atoms with Gasteiger partial charge >= 0.3 is 0 Å². The van der Waals surface area contributed by atoms with Crippen molar-refractivity contribution >= 4 is 11.6 Å². The lowest BCUT2D eigenvalue weighted by Crippen LogP contribution is -2.28. The second-order valence-electron chi connectivity index (χ2n) is 4.12. The number of amides is 1. The van der Waals surface area contributed by atoms with Crippen LogP contribution in [0.5, 0.6) is 0 Å². The number of aromatic amines is 1. The van der Waals surface area contributed by atoms with E-state index < -0.39 is 0 Å². The molecule has 0 aliphatic heterocycles. The normalized spacial score (nSPS) is 10.6. The Kier molecular flexibility index (Phi) is 3.79. The predicted molar refractivity (Wildman–Crippen MR) is 69.4 cm³/mol. The lowest BCUT2D eigenvalue weighted by Gasteiger charge is -2.05. The quantitative estimate of drug-likeness (QED) is 0.682. The Morgan fingerprint density at radius 2 is 2.37 bits per heavy atom. The summed E-state index contributed by atoms with van der Waals surface area (Å²) < 4.78 is 1.51. The van der Waals surface area contributed by atoms with E-state index in [1.54, 1.807) is 7.05 Å². The first-order chi connectivity index (χ1) is 9.13. The number of carbonyl (C=O) groups is 1. The van der Waals surface area contributed by atoms with Crippen molar-refractivity contribution in [2.45, 2.75) is 19.8 Å². The Hall–Kier alpha value is -2.38. The standard InChI is InChI=1S/C11H17N7O/c1-3-7-9(12)10(18(2)17-7)11(19)13-5-4-8-14-6-15-16-8/h6H,3-5,12H2,1-2H3,(H,13,19)(H,14,15,16). The second kappa shape index (κ2) is 5.51. The number of hydrogen-bond acceptors (Lipinski definition) is 5. The largest absolute Gasteiger partial charge is 0.395 e. The number of nitrogens with two attached hydrogens (primary N) is 1. The number of aromatic nitrogens is 5. The van der Waals surface area contributed by atoms with Gasteiger partial charge < -0.3 is 11.1 Å². The van der Waals surface area contributed by atoms with E-state index in [1.165, 1.54) is 11.0 Å². The molecular weight excluding hydrogens is 246 g/mol. The molecule has 0 aliphatic rings. The van der Waals surface area contributed by atoms with Crippen LogP contribution in [0.4, 0.5) is 5.69 Å². The Bertz CT molecular complexity index is 558. The van der Waals surface area contributed by atoms with Gasteiger partial charge in [-0.25, -0.2) is 4.98 Å². The molecule has 19 heavy (non-hydrogen) atoms. The number of nitrogen functional groups attached to an aromatic ring is 1. The Morgan fingerprint density at radius 3 is 2.95 bits per heavy atom. The van der Waals surface area contributed by atoms with Crippen LogP contribution in [0.2, 0.25) is 0 Å². The summed E-state index contributed by atoms with van der Waals surface area (Å²) in [6.07, 6.45) is 2.72. The van der Waals surface area contributed by atoms with E-state index in [1.807, 2.05) is 6.92 Å². The van der Waals surface area contributed by atoms with Crippen molar-refractivity contribution in [3.05, 3.63) is 23.5 Å². The van der Waals surface area contributed by atoms with E-state index in [0.29, 0.717) is 30.8 Å². The highest BCUT2D eigenvalue weighted by molar-refractivity contribution is 5.97. The van der Waals surface area contributed by atoms with Crippen molar-refractivity contribution in [3.8, 4) is 0 Å². The maximum atomic E-state index is 12.0. The third-order valence-corrected chi connectivity index (χ3v) is 2.82. The van der Waals surface area contributed by atoms with Crippen LogP contribution in [-0.4, -0.2) is 37.4 Å². The summed E-state index contributed by atoms with van der Waals surface area (Å²) in [5.74, 6) is 0.499. The summed E-state index contributed by atoms with van der Waals surface area (Å²) in [5.41, 5.74) is 7.49. The average Bonchev–Trinajstić information content (AvgIpc) is 2.97. The molecule has 8 heteroatoms. The van der Waals surface area contributed by atoms with E-state index in [2.05, 4.69) is 25.6 Å². The first-order valence-electron chi connectivity index (χ1n) is 6.07. The lowest BCUT2D eigenvalue weighted by molar-refractivity contribution is 0.0945. The van der Waals surface area contributed by atoms with Gasteiger partial charge in [0, 0.05) is 20.0 Å².